The Morgan fingerprint density at radius 2 is 2.06 bits per heavy atom. The Morgan fingerprint density at radius 3 is 2.62 bits per heavy atom. The van der Waals surface area contributed by atoms with E-state index in [1.807, 2.05) is 0 Å². The lowest BCUT2D eigenvalue weighted by molar-refractivity contribution is 0.164. The summed E-state index contributed by atoms with van der Waals surface area (Å²) < 4.78 is 5.05. The van der Waals surface area contributed by atoms with E-state index >= 15 is 0 Å². The van der Waals surface area contributed by atoms with Gasteiger partial charge in [0.05, 0.1) is 0 Å². The molecule has 1 unspecified atom stereocenters. The second-order valence-electron chi connectivity index (χ2n) is 4.86. The van der Waals surface area contributed by atoms with Crippen LogP contribution < -0.4 is 5.32 Å². The van der Waals surface area contributed by atoms with Crippen molar-refractivity contribution in [2.24, 2.45) is 5.92 Å². The summed E-state index contributed by atoms with van der Waals surface area (Å²) in [6, 6.07) is 0.663. The Morgan fingerprint density at radius 1 is 1.38 bits per heavy atom. The number of rotatable bonds is 7. The van der Waals surface area contributed by atoms with Crippen LogP contribution in [0.15, 0.2) is 0 Å². The molecular weight excluding hydrogens is 200 g/mol. The Balaban J connectivity index is 2.10. The van der Waals surface area contributed by atoms with Gasteiger partial charge < -0.3 is 15.0 Å². The highest BCUT2D eigenvalue weighted by molar-refractivity contribution is 4.78. The summed E-state index contributed by atoms with van der Waals surface area (Å²) in [5.41, 5.74) is 0. The van der Waals surface area contributed by atoms with Crippen LogP contribution in [0.4, 0.5) is 0 Å². The minimum absolute atomic E-state index is 0.663. The van der Waals surface area contributed by atoms with Gasteiger partial charge in [-0.15, -0.1) is 0 Å². The van der Waals surface area contributed by atoms with Gasteiger partial charge in [-0.2, -0.15) is 0 Å². The van der Waals surface area contributed by atoms with Crippen molar-refractivity contribution in [1.29, 1.82) is 0 Å². The quantitative estimate of drug-likeness (QED) is 0.672. The van der Waals surface area contributed by atoms with Gasteiger partial charge in [0.25, 0.3) is 0 Å². The zero-order valence-corrected chi connectivity index (χ0v) is 11.2. The Hall–Kier alpha value is -0.120. The van der Waals surface area contributed by atoms with Crippen LogP contribution >= 0.6 is 0 Å². The standard InChI is InChI=1S/C13H28N2O/c1-4-15-9-6-13(7-10-15)12(2)14-8-5-11-16-3/h12-14H,4-11H2,1-3H3. The third kappa shape index (κ3) is 4.81. The van der Waals surface area contributed by atoms with Gasteiger partial charge in [0.15, 0.2) is 0 Å². The van der Waals surface area contributed by atoms with E-state index in [9.17, 15) is 0 Å². The maximum absolute atomic E-state index is 5.05. The number of piperidine rings is 1. The first-order chi connectivity index (χ1) is 7.77. The van der Waals surface area contributed by atoms with Crippen molar-refractivity contribution in [3.8, 4) is 0 Å². The lowest BCUT2D eigenvalue weighted by Gasteiger charge is -2.34. The van der Waals surface area contributed by atoms with Crippen molar-refractivity contribution in [2.45, 2.75) is 39.2 Å². The number of nitrogens with zero attached hydrogens (tertiary/aromatic N) is 1. The fraction of sp³-hybridized carbons (Fsp3) is 1.00. The van der Waals surface area contributed by atoms with Crippen molar-refractivity contribution in [3.63, 3.8) is 0 Å². The van der Waals surface area contributed by atoms with Crippen LogP contribution in [0.2, 0.25) is 0 Å². The van der Waals surface area contributed by atoms with E-state index in [2.05, 4.69) is 24.1 Å². The molecule has 1 N–H and O–H groups in total. The van der Waals surface area contributed by atoms with Crippen LogP contribution in [0.1, 0.15) is 33.1 Å². The van der Waals surface area contributed by atoms with Crippen molar-refractivity contribution in [1.82, 2.24) is 10.2 Å². The minimum Gasteiger partial charge on any atom is -0.385 e. The molecule has 1 aliphatic heterocycles. The van der Waals surface area contributed by atoms with Crippen LogP contribution in [0.3, 0.4) is 0 Å². The topological polar surface area (TPSA) is 24.5 Å². The zero-order chi connectivity index (χ0) is 11.8. The fourth-order valence-corrected chi connectivity index (χ4v) is 2.48. The molecule has 0 aromatic rings. The van der Waals surface area contributed by atoms with E-state index in [0.29, 0.717) is 6.04 Å². The molecule has 1 fully saturated rings. The van der Waals surface area contributed by atoms with Crippen LogP contribution in [-0.2, 0) is 4.74 Å². The Kier molecular flexibility index (Phi) is 7.01. The molecule has 1 heterocycles. The lowest BCUT2D eigenvalue weighted by Crippen LogP contribution is -2.42. The SMILES string of the molecule is CCN1CCC(C(C)NCCCOC)CC1. The molecule has 3 heteroatoms. The average molecular weight is 228 g/mol. The van der Waals surface area contributed by atoms with E-state index in [1.54, 1.807) is 7.11 Å². The minimum atomic E-state index is 0.663. The Labute approximate surface area is 101 Å². The fourth-order valence-electron chi connectivity index (χ4n) is 2.48. The zero-order valence-electron chi connectivity index (χ0n) is 11.2. The number of methoxy groups -OCH3 is 1. The monoisotopic (exact) mass is 228 g/mol. The Bertz CT molecular complexity index is 167. The first-order valence-electron chi connectivity index (χ1n) is 6.72. The molecule has 1 rings (SSSR count). The predicted octanol–water partition coefficient (Wildman–Crippen LogP) is 1.73. The van der Waals surface area contributed by atoms with Crippen LogP contribution in [0, 0.1) is 5.92 Å². The van der Waals surface area contributed by atoms with E-state index < -0.39 is 0 Å². The summed E-state index contributed by atoms with van der Waals surface area (Å²) in [5.74, 6) is 0.866. The molecule has 96 valence electrons. The summed E-state index contributed by atoms with van der Waals surface area (Å²) in [4.78, 5) is 2.55. The van der Waals surface area contributed by atoms with Gasteiger partial charge in [0.2, 0.25) is 0 Å². The second-order valence-corrected chi connectivity index (χ2v) is 4.86. The molecule has 1 aliphatic rings. The van der Waals surface area contributed by atoms with Gasteiger partial charge in [-0.1, -0.05) is 6.92 Å². The van der Waals surface area contributed by atoms with Crippen molar-refractivity contribution in [3.05, 3.63) is 0 Å². The van der Waals surface area contributed by atoms with Crippen LogP contribution in [0.25, 0.3) is 0 Å². The molecule has 0 saturated carbocycles. The van der Waals surface area contributed by atoms with Gasteiger partial charge in [-0.05, 0) is 58.3 Å². The number of likely N-dealkylation sites (tertiary alicyclic amines) is 1. The normalized spacial score (nSPS) is 21.2. The highest BCUT2D eigenvalue weighted by Crippen LogP contribution is 2.20. The second kappa shape index (κ2) is 8.04. The van der Waals surface area contributed by atoms with Gasteiger partial charge in [0.1, 0.15) is 0 Å². The number of nitrogens with one attached hydrogen (secondary N) is 1. The molecule has 3 nitrogen and oxygen atoms in total. The number of hydrogen-bond donors (Lipinski definition) is 1. The smallest absolute Gasteiger partial charge is 0.0474 e. The highest BCUT2D eigenvalue weighted by Gasteiger charge is 2.22. The van der Waals surface area contributed by atoms with Gasteiger partial charge in [0, 0.05) is 19.8 Å². The third-order valence-electron chi connectivity index (χ3n) is 3.78. The summed E-state index contributed by atoms with van der Waals surface area (Å²) in [5, 5.41) is 3.62. The van der Waals surface area contributed by atoms with Crippen molar-refractivity contribution in [2.75, 3.05) is 39.9 Å². The molecule has 0 radical (unpaired) electrons. The number of ether oxygens (including phenoxy) is 1. The lowest BCUT2D eigenvalue weighted by atomic mass is 9.90. The van der Waals surface area contributed by atoms with Gasteiger partial charge in [-0.25, -0.2) is 0 Å². The first kappa shape index (κ1) is 13.9. The maximum atomic E-state index is 5.05. The van der Waals surface area contributed by atoms with E-state index in [0.717, 1.165) is 25.5 Å². The predicted molar refractivity (Wildman–Crippen MR) is 68.8 cm³/mol. The third-order valence-corrected chi connectivity index (χ3v) is 3.78. The largest absolute Gasteiger partial charge is 0.385 e. The molecule has 0 aliphatic carbocycles. The summed E-state index contributed by atoms with van der Waals surface area (Å²) in [6.45, 7) is 10.3. The molecular formula is C13H28N2O. The molecule has 0 spiro atoms. The molecule has 0 amide bonds. The van der Waals surface area contributed by atoms with Gasteiger partial charge in [-0.3, -0.25) is 0 Å². The van der Waals surface area contributed by atoms with Crippen LogP contribution in [-0.4, -0.2) is 50.8 Å². The van der Waals surface area contributed by atoms with Crippen LogP contribution in [0.5, 0.6) is 0 Å². The molecule has 0 aromatic carbocycles. The molecule has 0 aromatic heterocycles. The van der Waals surface area contributed by atoms with E-state index in [-0.39, 0.29) is 0 Å². The molecule has 0 bridgehead atoms. The molecule has 16 heavy (non-hydrogen) atoms. The molecule has 1 atom stereocenters. The average Bonchev–Trinajstić information content (AvgIpc) is 2.34. The summed E-state index contributed by atoms with van der Waals surface area (Å²) >= 11 is 0. The highest BCUT2D eigenvalue weighted by atomic mass is 16.5. The maximum Gasteiger partial charge on any atom is 0.0474 e. The van der Waals surface area contributed by atoms with Crippen molar-refractivity contribution < 1.29 is 4.74 Å². The summed E-state index contributed by atoms with van der Waals surface area (Å²) in [7, 11) is 1.77. The van der Waals surface area contributed by atoms with E-state index in [4.69, 9.17) is 4.74 Å². The van der Waals surface area contributed by atoms with Crippen molar-refractivity contribution >= 4 is 0 Å². The first-order valence-corrected chi connectivity index (χ1v) is 6.72. The molecule has 1 saturated heterocycles. The van der Waals surface area contributed by atoms with Gasteiger partial charge >= 0.3 is 0 Å². The van der Waals surface area contributed by atoms with E-state index in [1.165, 1.54) is 32.5 Å². The number of hydrogen-bond acceptors (Lipinski definition) is 3. The summed E-state index contributed by atoms with van der Waals surface area (Å²) in [6.07, 6.45) is 3.83.